The van der Waals surface area contributed by atoms with Crippen LogP contribution in [0.5, 0.6) is 5.88 Å². The number of rotatable bonds is 9. The summed E-state index contributed by atoms with van der Waals surface area (Å²) in [5.41, 5.74) is 1.79. The molecule has 0 saturated carbocycles. The van der Waals surface area contributed by atoms with Crippen LogP contribution in [-0.4, -0.2) is 79.4 Å². The number of hydrogen-bond donors (Lipinski definition) is 1. The second kappa shape index (κ2) is 11.4. The molecule has 1 N–H and O–H groups in total. The molecule has 0 spiro atoms. The average Bonchev–Trinajstić information content (AvgIpc) is 3.30. The fourth-order valence-corrected chi connectivity index (χ4v) is 4.89. The van der Waals surface area contributed by atoms with Gasteiger partial charge >= 0.3 is 5.97 Å². The van der Waals surface area contributed by atoms with E-state index in [0.29, 0.717) is 48.7 Å². The molecule has 2 aliphatic heterocycles. The first-order valence-electron chi connectivity index (χ1n) is 13.3. The smallest absolute Gasteiger partial charge is 0.354 e. The van der Waals surface area contributed by atoms with Gasteiger partial charge in [0.25, 0.3) is 0 Å². The summed E-state index contributed by atoms with van der Waals surface area (Å²) in [4.78, 5) is 33.9. The summed E-state index contributed by atoms with van der Waals surface area (Å²) >= 11 is 0. The molecule has 0 amide bonds. The van der Waals surface area contributed by atoms with Crippen molar-refractivity contribution in [3.05, 3.63) is 71.2 Å². The number of carbonyl (C=O) groups is 1. The molecule has 0 bridgehead atoms. The van der Waals surface area contributed by atoms with Crippen LogP contribution in [0.2, 0.25) is 0 Å². The zero-order valence-electron chi connectivity index (χ0n) is 22.1. The van der Waals surface area contributed by atoms with E-state index >= 15 is 0 Å². The third-order valence-electron chi connectivity index (χ3n) is 7.29. The van der Waals surface area contributed by atoms with E-state index in [1.807, 2.05) is 10.6 Å². The molecule has 2 aliphatic rings. The van der Waals surface area contributed by atoms with Crippen molar-refractivity contribution >= 4 is 23.0 Å². The molecule has 5 heterocycles. The summed E-state index contributed by atoms with van der Waals surface area (Å²) in [6.45, 7) is 4.77. The Labute approximate surface area is 234 Å². The number of nitriles is 1. The predicted molar refractivity (Wildman–Crippen MR) is 144 cm³/mol. The molecule has 1 aromatic carbocycles. The second-order valence-electron chi connectivity index (χ2n) is 9.95. The first kappa shape index (κ1) is 26.5. The lowest BCUT2D eigenvalue weighted by atomic mass is 10.1. The van der Waals surface area contributed by atoms with Gasteiger partial charge < -0.3 is 24.0 Å². The van der Waals surface area contributed by atoms with E-state index < -0.39 is 11.8 Å². The van der Waals surface area contributed by atoms with Crippen LogP contribution < -0.4 is 9.64 Å². The SMILES string of the molecule is N#Cc1ccc(COc2cncc(N3CCN(Cc4nc5ccc(C(=O)O)nc5n4C[C@@H]4CCO4)CC3)n2)c(F)c1. The van der Waals surface area contributed by atoms with Crippen molar-refractivity contribution in [3.8, 4) is 11.9 Å². The third-order valence-corrected chi connectivity index (χ3v) is 7.29. The Hall–Kier alpha value is -4.67. The van der Waals surface area contributed by atoms with Crippen LogP contribution in [-0.2, 0) is 24.4 Å². The Morgan fingerprint density at radius 3 is 2.68 bits per heavy atom. The number of piperazine rings is 1. The number of fused-ring (bicyclic) bond motifs is 1. The highest BCUT2D eigenvalue weighted by atomic mass is 19.1. The van der Waals surface area contributed by atoms with Gasteiger partial charge in [-0.05, 0) is 30.7 Å². The Bertz CT molecular complexity index is 1630. The Balaban J connectivity index is 1.10. The van der Waals surface area contributed by atoms with Gasteiger partial charge in [0.1, 0.15) is 23.8 Å². The minimum absolute atomic E-state index is 0.0114. The highest BCUT2D eigenvalue weighted by Crippen LogP contribution is 2.23. The molecule has 0 unspecified atom stereocenters. The molecule has 2 fully saturated rings. The van der Waals surface area contributed by atoms with Crippen molar-refractivity contribution in [1.29, 1.82) is 5.26 Å². The molecule has 1 atom stereocenters. The van der Waals surface area contributed by atoms with Crippen LogP contribution in [0.1, 0.15) is 33.9 Å². The topological polar surface area (TPSA) is 143 Å². The van der Waals surface area contributed by atoms with Gasteiger partial charge in [0.05, 0.1) is 43.2 Å². The number of carboxylic acids is 1. The molecule has 3 aromatic heterocycles. The van der Waals surface area contributed by atoms with Crippen molar-refractivity contribution in [1.82, 2.24) is 29.4 Å². The highest BCUT2D eigenvalue weighted by Gasteiger charge is 2.25. The summed E-state index contributed by atoms with van der Waals surface area (Å²) in [5, 5.41) is 18.3. The minimum atomic E-state index is -1.07. The molecule has 210 valence electrons. The van der Waals surface area contributed by atoms with Gasteiger partial charge in [-0.2, -0.15) is 10.2 Å². The summed E-state index contributed by atoms with van der Waals surface area (Å²) in [6.07, 6.45) is 4.18. The van der Waals surface area contributed by atoms with Crippen molar-refractivity contribution in [3.63, 3.8) is 0 Å². The molecule has 41 heavy (non-hydrogen) atoms. The van der Waals surface area contributed by atoms with Gasteiger partial charge in [-0.15, -0.1) is 0 Å². The number of anilines is 1. The van der Waals surface area contributed by atoms with Crippen LogP contribution in [0.25, 0.3) is 11.2 Å². The summed E-state index contributed by atoms with van der Waals surface area (Å²) in [6, 6.07) is 9.34. The maximum atomic E-state index is 14.2. The second-order valence-corrected chi connectivity index (χ2v) is 9.95. The third kappa shape index (κ3) is 5.79. The fraction of sp³-hybridized carbons (Fsp3) is 0.357. The Morgan fingerprint density at radius 2 is 1.98 bits per heavy atom. The van der Waals surface area contributed by atoms with Crippen molar-refractivity contribution in [2.45, 2.75) is 32.2 Å². The van der Waals surface area contributed by atoms with Crippen LogP contribution >= 0.6 is 0 Å². The van der Waals surface area contributed by atoms with Crippen LogP contribution in [0.15, 0.2) is 42.7 Å². The molecule has 6 rings (SSSR count). The van der Waals surface area contributed by atoms with Gasteiger partial charge in [-0.3, -0.25) is 9.88 Å². The van der Waals surface area contributed by atoms with Gasteiger partial charge in [-0.1, -0.05) is 6.07 Å². The maximum absolute atomic E-state index is 14.2. The van der Waals surface area contributed by atoms with E-state index in [1.54, 1.807) is 18.3 Å². The molecule has 0 aliphatic carbocycles. The van der Waals surface area contributed by atoms with Gasteiger partial charge in [0, 0.05) is 38.3 Å². The van der Waals surface area contributed by atoms with Gasteiger partial charge in [0.15, 0.2) is 17.2 Å². The van der Waals surface area contributed by atoms with E-state index in [0.717, 1.165) is 31.9 Å². The van der Waals surface area contributed by atoms with E-state index in [2.05, 4.69) is 24.8 Å². The lowest BCUT2D eigenvalue weighted by Crippen LogP contribution is -2.46. The number of hydrogen-bond acceptors (Lipinski definition) is 10. The van der Waals surface area contributed by atoms with Crippen LogP contribution in [0.3, 0.4) is 0 Å². The molecular weight excluding hydrogens is 531 g/mol. The van der Waals surface area contributed by atoms with E-state index in [9.17, 15) is 14.3 Å². The van der Waals surface area contributed by atoms with Crippen LogP contribution in [0.4, 0.5) is 10.2 Å². The lowest BCUT2D eigenvalue weighted by Gasteiger charge is -2.35. The zero-order valence-corrected chi connectivity index (χ0v) is 22.1. The zero-order chi connectivity index (χ0) is 28.3. The summed E-state index contributed by atoms with van der Waals surface area (Å²) in [7, 11) is 0. The molecule has 12 nitrogen and oxygen atoms in total. The molecule has 4 aromatic rings. The van der Waals surface area contributed by atoms with E-state index in [-0.39, 0.29) is 29.8 Å². The number of pyridine rings is 1. The quantitative estimate of drug-likeness (QED) is 0.324. The van der Waals surface area contributed by atoms with Gasteiger partial charge in [0.2, 0.25) is 5.88 Å². The maximum Gasteiger partial charge on any atom is 0.354 e. The molecule has 13 heteroatoms. The summed E-state index contributed by atoms with van der Waals surface area (Å²) < 4.78 is 27.5. The Morgan fingerprint density at radius 1 is 1.15 bits per heavy atom. The van der Waals surface area contributed by atoms with E-state index in [4.69, 9.17) is 19.7 Å². The molecular formula is C28H27FN8O4. The monoisotopic (exact) mass is 558 g/mol. The van der Waals surface area contributed by atoms with Crippen molar-refractivity contribution in [2.75, 3.05) is 37.7 Å². The highest BCUT2D eigenvalue weighted by molar-refractivity contribution is 5.88. The fourth-order valence-electron chi connectivity index (χ4n) is 4.89. The van der Waals surface area contributed by atoms with Gasteiger partial charge in [-0.25, -0.2) is 19.2 Å². The normalized spacial score (nSPS) is 17.3. The number of benzene rings is 1. The van der Waals surface area contributed by atoms with Crippen LogP contribution in [0, 0.1) is 17.1 Å². The lowest BCUT2D eigenvalue weighted by molar-refractivity contribution is -0.0592. The number of aromatic nitrogens is 5. The average molecular weight is 559 g/mol. The molecule has 2 saturated heterocycles. The number of carboxylic acid groups (broad SMARTS) is 1. The standard InChI is InChI=1S/C28H27FN8O4/c29-21-11-18(12-30)1-2-19(21)17-41-26-14-31-13-24(34-26)36-8-6-35(7-9-36)16-25-32-22-3-4-23(28(38)39)33-27(22)37(25)15-20-5-10-40-20/h1-4,11,13-14,20H,5-10,15-17H2,(H,38,39)/t20-/m0/s1. The summed E-state index contributed by atoms with van der Waals surface area (Å²) in [5.74, 6) is 0.202. The molecule has 0 radical (unpaired) electrons. The van der Waals surface area contributed by atoms with Crippen molar-refractivity contribution in [2.24, 2.45) is 0 Å². The number of aromatic carboxylic acids is 1. The number of ether oxygens (including phenoxy) is 2. The number of nitrogens with zero attached hydrogens (tertiary/aromatic N) is 8. The number of imidazole rings is 1. The first-order chi connectivity index (χ1) is 20.0. The van der Waals surface area contributed by atoms with E-state index in [1.165, 1.54) is 24.4 Å². The largest absolute Gasteiger partial charge is 0.477 e. The minimum Gasteiger partial charge on any atom is -0.477 e. The van der Waals surface area contributed by atoms with Crippen molar-refractivity contribution < 1.29 is 23.8 Å². The first-order valence-corrected chi connectivity index (χ1v) is 13.3. The Kier molecular flexibility index (Phi) is 7.41. The predicted octanol–water partition coefficient (Wildman–Crippen LogP) is 2.62. The number of halogens is 1.